The van der Waals surface area contributed by atoms with Gasteiger partial charge in [0.05, 0.1) is 5.56 Å². The number of furan rings is 1. The molecule has 4 heteroatoms. The van der Waals surface area contributed by atoms with E-state index in [1.54, 1.807) is 6.07 Å². The van der Waals surface area contributed by atoms with Gasteiger partial charge in [-0.2, -0.15) is 0 Å². The van der Waals surface area contributed by atoms with Gasteiger partial charge in [0, 0.05) is 6.54 Å². The molecule has 0 aromatic carbocycles. The van der Waals surface area contributed by atoms with Gasteiger partial charge in [-0.15, -0.1) is 0 Å². The van der Waals surface area contributed by atoms with Crippen LogP contribution in [0.25, 0.3) is 0 Å². The Morgan fingerprint density at radius 3 is 3.00 bits per heavy atom. The van der Waals surface area contributed by atoms with E-state index in [2.05, 4.69) is 10.6 Å². The second kappa shape index (κ2) is 5.36. The zero-order chi connectivity index (χ0) is 12.3. The molecule has 2 heterocycles. The van der Waals surface area contributed by atoms with E-state index in [1.165, 1.54) is 12.8 Å². The highest BCUT2D eigenvalue weighted by molar-refractivity contribution is 5.95. The molecule has 1 saturated heterocycles. The first kappa shape index (κ1) is 12.2. The summed E-state index contributed by atoms with van der Waals surface area (Å²) in [6.07, 6.45) is 2.39. The van der Waals surface area contributed by atoms with Gasteiger partial charge in [-0.05, 0) is 51.8 Å². The molecule has 17 heavy (non-hydrogen) atoms. The fourth-order valence-corrected chi connectivity index (χ4v) is 2.29. The normalized spacial score (nSPS) is 20.2. The summed E-state index contributed by atoms with van der Waals surface area (Å²) in [5.74, 6) is 2.01. The largest absolute Gasteiger partial charge is 0.466 e. The fourth-order valence-electron chi connectivity index (χ4n) is 2.29. The first-order valence-corrected chi connectivity index (χ1v) is 6.23. The van der Waals surface area contributed by atoms with Crippen LogP contribution in [0, 0.1) is 19.8 Å². The number of aryl methyl sites for hydroxylation is 2. The number of amides is 1. The van der Waals surface area contributed by atoms with Crippen molar-refractivity contribution in [3.05, 3.63) is 23.2 Å². The predicted octanol–water partition coefficient (Wildman–Crippen LogP) is 1.63. The van der Waals surface area contributed by atoms with Gasteiger partial charge in [-0.25, -0.2) is 0 Å². The third-order valence-corrected chi connectivity index (χ3v) is 3.24. The highest BCUT2D eigenvalue weighted by Gasteiger charge is 2.17. The van der Waals surface area contributed by atoms with Gasteiger partial charge in [0.15, 0.2) is 0 Å². The summed E-state index contributed by atoms with van der Waals surface area (Å²) in [5.41, 5.74) is 0.659. The maximum absolute atomic E-state index is 11.9. The van der Waals surface area contributed by atoms with Gasteiger partial charge in [-0.1, -0.05) is 0 Å². The second-order valence-electron chi connectivity index (χ2n) is 4.75. The van der Waals surface area contributed by atoms with Gasteiger partial charge in [0.25, 0.3) is 5.91 Å². The number of carbonyl (C=O) groups is 1. The number of hydrogen-bond acceptors (Lipinski definition) is 3. The molecular weight excluding hydrogens is 216 g/mol. The van der Waals surface area contributed by atoms with Crippen molar-refractivity contribution >= 4 is 5.91 Å². The minimum atomic E-state index is -0.0232. The van der Waals surface area contributed by atoms with E-state index in [9.17, 15) is 4.79 Å². The molecule has 94 valence electrons. The molecule has 2 rings (SSSR count). The lowest BCUT2D eigenvalue weighted by Gasteiger charge is -2.22. The molecule has 1 aliphatic heterocycles. The molecule has 1 aromatic heterocycles. The predicted molar refractivity (Wildman–Crippen MR) is 66.1 cm³/mol. The van der Waals surface area contributed by atoms with Gasteiger partial charge in [0.2, 0.25) is 0 Å². The van der Waals surface area contributed by atoms with Crippen LogP contribution in [0.15, 0.2) is 10.5 Å². The lowest BCUT2D eigenvalue weighted by molar-refractivity contribution is 0.0943. The van der Waals surface area contributed by atoms with E-state index < -0.39 is 0 Å². The van der Waals surface area contributed by atoms with Crippen LogP contribution in [0.4, 0.5) is 0 Å². The molecule has 0 saturated carbocycles. The minimum Gasteiger partial charge on any atom is -0.466 e. The molecule has 1 atom stereocenters. The van der Waals surface area contributed by atoms with E-state index in [4.69, 9.17) is 4.42 Å². The quantitative estimate of drug-likeness (QED) is 0.838. The monoisotopic (exact) mass is 236 g/mol. The topological polar surface area (TPSA) is 54.3 Å². The van der Waals surface area contributed by atoms with E-state index in [1.807, 2.05) is 13.8 Å². The van der Waals surface area contributed by atoms with Crippen LogP contribution >= 0.6 is 0 Å². The van der Waals surface area contributed by atoms with Crippen LogP contribution < -0.4 is 10.6 Å². The number of rotatable bonds is 3. The molecule has 1 fully saturated rings. The van der Waals surface area contributed by atoms with Crippen molar-refractivity contribution in [1.29, 1.82) is 0 Å². The first-order valence-electron chi connectivity index (χ1n) is 6.23. The summed E-state index contributed by atoms with van der Waals surface area (Å²) in [6.45, 7) is 6.53. The van der Waals surface area contributed by atoms with E-state index in [0.29, 0.717) is 17.2 Å². The number of piperidine rings is 1. The maximum Gasteiger partial charge on any atom is 0.254 e. The molecule has 1 unspecified atom stereocenters. The van der Waals surface area contributed by atoms with Gasteiger partial charge in [0.1, 0.15) is 11.5 Å². The van der Waals surface area contributed by atoms with E-state index in [0.717, 1.165) is 25.4 Å². The number of nitrogens with one attached hydrogen (secondary N) is 2. The van der Waals surface area contributed by atoms with Crippen molar-refractivity contribution in [3.8, 4) is 0 Å². The average molecular weight is 236 g/mol. The zero-order valence-electron chi connectivity index (χ0n) is 10.5. The smallest absolute Gasteiger partial charge is 0.254 e. The molecule has 0 aliphatic carbocycles. The minimum absolute atomic E-state index is 0.0232. The van der Waals surface area contributed by atoms with Crippen molar-refractivity contribution in [2.75, 3.05) is 19.6 Å². The van der Waals surface area contributed by atoms with Crippen LogP contribution in [0.5, 0.6) is 0 Å². The van der Waals surface area contributed by atoms with Crippen LogP contribution in [-0.2, 0) is 0 Å². The van der Waals surface area contributed by atoms with E-state index in [-0.39, 0.29) is 5.91 Å². The van der Waals surface area contributed by atoms with Gasteiger partial charge < -0.3 is 15.1 Å². The van der Waals surface area contributed by atoms with Crippen LogP contribution in [-0.4, -0.2) is 25.5 Å². The standard InChI is InChI=1S/C13H20N2O2/c1-9-6-12(10(2)17-9)13(16)15-8-11-4-3-5-14-7-11/h6,11,14H,3-5,7-8H2,1-2H3,(H,15,16). The Morgan fingerprint density at radius 1 is 1.59 bits per heavy atom. The average Bonchev–Trinajstić information content (AvgIpc) is 2.67. The van der Waals surface area contributed by atoms with E-state index >= 15 is 0 Å². The Kier molecular flexibility index (Phi) is 3.84. The molecular formula is C13H20N2O2. The Balaban J connectivity index is 1.86. The second-order valence-corrected chi connectivity index (χ2v) is 4.75. The Bertz CT molecular complexity index is 392. The highest BCUT2D eigenvalue weighted by Crippen LogP contribution is 2.14. The summed E-state index contributed by atoms with van der Waals surface area (Å²) in [4.78, 5) is 11.9. The van der Waals surface area contributed by atoms with Crippen molar-refractivity contribution < 1.29 is 9.21 Å². The summed E-state index contributed by atoms with van der Waals surface area (Å²) in [7, 11) is 0. The molecule has 1 aromatic rings. The Morgan fingerprint density at radius 2 is 2.41 bits per heavy atom. The fraction of sp³-hybridized carbons (Fsp3) is 0.615. The molecule has 0 radical (unpaired) electrons. The van der Waals surface area contributed by atoms with Gasteiger partial charge >= 0.3 is 0 Å². The van der Waals surface area contributed by atoms with Crippen LogP contribution in [0.1, 0.15) is 34.7 Å². The first-order chi connectivity index (χ1) is 8.16. The highest BCUT2D eigenvalue weighted by atomic mass is 16.3. The van der Waals surface area contributed by atoms with Crippen molar-refractivity contribution in [2.45, 2.75) is 26.7 Å². The van der Waals surface area contributed by atoms with Crippen LogP contribution in [0.3, 0.4) is 0 Å². The molecule has 0 spiro atoms. The number of hydrogen-bond donors (Lipinski definition) is 2. The SMILES string of the molecule is Cc1cc(C(=O)NCC2CCCNC2)c(C)o1. The van der Waals surface area contributed by atoms with Crippen molar-refractivity contribution in [2.24, 2.45) is 5.92 Å². The Labute approximate surface area is 102 Å². The molecule has 1 amide bonds. The van der Waals surface area contributed by atoms with Gasteiger partial charge in [-0.3, -0.25) is 4.79 Å². The molecule has 1 aliphatic rings. The summed E-state index contributed by atoms with van der Waals surface area (Å²) < 4.78 is 5.35. The molecule has 4 nitrogen and oxygen atoms in total. The Hall–Kier alpha value is -1.29. The lowest BCUT2D eigenvalue weighted by atomic mass is 10.00. The third kappa shape index (κ3) is 3.09. The summed E-state index contributed by atoms with van der Waals surface area (Å²) in [6, 6.07) is 1.80. The molecule has 0 bridgehead atoms. The number of carbonyl (C=O) groups excluding carboxylic acids is 1. The maximum atomic E-state index is 11.9. The van der Waals surface area contributed by atoms with Crippen LogP contribution in [0.2, 0.25) is 0 Å². The zero-order valence-corrected chi connectivity index (χ0v) is 10.5. The summed E-state index contributed by atoms with van der Waals surface area (Å²) >= 11 is 0. The summed E-state index contributed by atoms with van der Waals surface area (Å²) in [5, 5.41) is 6.33. The lowest BCUT2D eigenvalue weighted by Crippen LogP contribution is -2.38. The van der Waals surface area contributed by atoms with Crippen molar-refractivity contribution in [1.82, 2.24) is 10.6 Å². The molecule has 2 N–H and O–H groups in total. The third-order valence-electron chi connectivity index (χ3n) is 3.24. The van der Waals surface area contributed by atoms with Crippen molar-refractivity contribution in [3.63, 3.8) is 0 Å².